The van der Waals surface area contributed by atoms with Gasteiger partial charge in [0.25, 0.3) is 0 Å². The van der Waals surface area contributed by atoms with Crippen molar-refractivity contribution < 1.29 is 13.9 Å². The van der Waals surface area contributed by atoms with Crippen LogP contribution in [0.3, 0.4) is 0 Å². The molecule has 1 unspecified atom stereocenters. The summed E-state index contributed by atoms with van der Waals surface area (Å²) >= 11 is 0. The van der Waals surface area contributed by atoms with Crippen LogP contribution in [0.5, 0.6) is 6.01 Å². The predicted octanol–water partition coefficient (Wildman–Crippen LogP) is 1.91. The van der Waals surface area contributed by atoms with Crippen LogP contribution < -0.4 is 15.5 Å². The lowest BCUT2D eigenvalue weighted by Gasteiger charge is -2.15. The number of nitrogens with one attached hydrogen (secondary N) is 2. The van der Waals surface area contributed by atoms with E-state index in [9.17, 15) is 4.39 Å². The molecule has 1 aliphatic rings. The molecule has 0 saturated heterocycles. The SMILES string of the molecule is CN1C=CC(COc2ncc(F)c(NCOCc3ccccc3)n2)N1. The Bertz CT molecular complexity index is 713. The number of rotatable bonds is 8. The first-order chi connectivity index (χ1) is 12.2. The van der Waals surface area contributed by atoms with E-state index in [1.807, 2.05) is 54.7 Å². The van der Waals surface area contributed by atoms with Crippen LogP contribution in [-0.2, 0) is 11.3 Å². The molecule has 8 heteroatoms. The lowest BCUT2D eigenvalue weighted by Crippen LogP contribution is -2.36. The Kier molecular flexibility index (Phi) is 5.76. The fourth-order valence-electron chi connectivity index (χ4n) is 2.24. The smallest absolute Gasteiger partial charge is 0.318 e. The molecule has 1 aromatic heterocycles. The third kappa shape index (κ3) is 5.13. The number of hydrazine groups is 1. The number of anilines is 1. The van der Waals surface area contributed by atoms with Gasteiger partial charge in [-0.1, -0.05) is 30.3 Å². The van der Waals surface area contributed by atoms with Crippen LogP contribution in [-0.4, -0.2) is 41.4 Å². The molecule has 2 aromatic rings. The number of benzene rings is 1. The molecule has 0 aliphatic carbocycles. The molecule has 1 aromatic carbocycles. The van der Waals surface area contributed by atoms with Crippen molar-refractivity contribution in [3.05, 3.63) is 60.2 Å². The second-order valence-corrected chi connectivity index (χ2v) is 5.50. The summed E-state index contributed by atoms with van der Waals surface area (Å²) in [7, 11) is 1.89. The van der Waals surface area contributed by atoms with Crippen molar-refractivity contribution in [1.82, 2.24) is 20.4 Å². The van der Waals surface area contributed by atoms with Crippen LogP contribution >= 0.6 is 0 Å². The highest BCUT2D eigenvalue weighted by Gasteiger charge is 2.14. The molecule has 0 fully saturated rings. The van der Waals surface area contributed by atoms with E-state index in [0.717, 1.165) is 11.8 Å². The summed E-state index contributed by atoms with van der Waals surface area (Å²) in [6.07, 6.45) is 4.93. The Labute approximate surface area is 145 Å². The number of ether oxygens (including phenoxy) is 2. The monoisotopic (exact) mass is 345 g/mol. The van der Waals surface area contributed by atoms with Gasteiger partial charge in [0, 0.05) is 13.2 Å². The molecule has 0 spiro atoms. The molecule has 0 bridgehead atoms. The summed E-state index contributed by atoms with van der Waals surface area (Å²) in [6.45, 7) is 0.896. The number of nitrogens with zero attached hydrogens (tertiary/aromatic N) is 3. The van der Waals surface area contributed by atoms with E-state index >= 15 is 0 Å². The lowest BCUT2D eigenvalue weighted by molar-refractivity contribution is 0.138. The second-order valence-electron chi connectivity index (χ2n) is 5.50. The van der Waals surface area contributed by atoms with Gasteiger partial charge in [-0.15, -0.1) is 0 Å². The molecule has 0 radical (unpaired) electrons. The maximum atomic E-state index is 13.8. The van der Waals surface area contributed by atoms with Gasteiger partial charge in [0.2, 0.25) is 0 Å². The zero-order valence-electron chi connectivity index (χ0n) is 13.9. The molecule has 3 rings (SSSR count). The van der Waals surface area contributed by atoms with Gasteiger partial charge in [0.05, 0.1) is 18.8 Å². The Morgan fingerprint density at radius 1 is 1.32 bits per heavy atom. The molecule has 0 saturated carbocycles. The molecular formula is C17H20FN5O2. The summed E-state index contributed by atoms with van der Waals surface area (Å²) in [5.74, 6) is -0.514. The molecule has 1 atom stereocenters. The van der Waals surface area contributed by atoms with Crippen molar-refractivity contribution >= 4 is 5.82 Å². The quantitative estimate of drug-likeness (QED) is 0.559. The average molecular weight is 345 g/mol. The molecule has 2 N–H and O–H groups in total. The number of hydrogen-bond acceptors (Lipinski definition) is 7. The second kappa shape index (κ2) is 8.41. The van der Waals surface area contributed by atoms with E-state index in [1.54, 1.807) is 0 Å². The summed E-state index contributed by atoms with van der Waals surface area (Å²) in [4.78, 5) is 7.87. The van der Waals surface area contributed by atoms with Crippen LogP contribution in [0.4, 0.5) is 10.2 Å². The Hall–Kier alpha value is -2.71. The van der Waals surface area contributed by atoms with E-state index in [-0.39, 0.29) is 24.6 Å². The average Bonchev–Trinajstić information content (AvgIpc) is 3.05. The van der Waals surface area contributed by atoms with Crippen LogP contribution in [0, 0.1) is 5.82 Å². The molecule has 7 nitrogen and oxygen atoms in total. The normalized spacial score (nSPS) is 16.2. The lowest BCUT2D eigenvalue weighted by atomic mass is 10.2. The minimum Gasteiger partial charge on any atom is -0.461 e. The fraction of sp³-hybridized carbons (Fsp3) is 0.294. The maximum Gasteiger partial charge on any atom is 0.318 e. The highest BCUT2D eigenvalue weighted by molar-refractivity contribution is 5.35. The summed E-state index contributed by atoms with van der Waals surface area (Å²) in [5.41, 5.74) is 4.18. The zero-order chi connectivity index (χ0) is 17.5. The topological polar surface area (TPSA) is 71.5 Å². The van der Waals surface area contributed by atoms with Crippen LogP contribution in [0.2, 0.25) is 0 Å². The largest absolute Gasteiger partial charge is 0.461 e. The first kappa shape index (κ1) is 17.1. The van der Waals surface area contributed by atoms with E-state index < -0.39 is 5.82 Å². The number of aromatic nitrogens is 2. The minimum absolute atomic E-state index is 0.0317. The van der Waals surface area contributed by atoms with Crippen molar-refractivity contribution in [2.75, 3.05) is 25.7 Å². The van der Waals surface area contributed by atoms with Crippen LogP contribution in [0.15, 0.2) is 48.8 Å². The first-order valence-electron chi connectivity index (χ1n) is 7.89. The van der Waals surface area contributed by atoms with Crippen molar-refractivity contribution in [2.45, 2.75) is 12.6 Å². The molecular weight excluding hydrogens is 325 g/mol. The highest BCUT2D eigenvalue weighted by Crippen LogP contribution is 2.14. The molecule has 2 heterocycles. The fourth-order valence-corrected chi connectivity index (χ4v) is 2.24. The standard InChI is InChI=1S/C17H20FN5O2/c1-23-8-7-14(22-23)11-25-17-19-9-15(18)16(21-17)20-12-24-10-13-5-3-2-4-6-13/h2-9,14,22H,10-12H2,1H3,(H,19,20,21). The van der Waals surface area contributed by atoms with Gasteiger partial charge >= 0.3 is 6.01 Å². The highest BCUT2D eigenvalue weighted by atomic mass is 19.1. The van der Waals surface area contributed by atoms with E-state index in [4.69, 9.17) is 9.47 Å². The molecule has 0 amide bonds. The van der Waals surface area contributed by atoms with Crippen molar-refractivity contribution in [1.29, 1.82) is 0 Å². The third-order valence-electron chi connectivity index (χ3n) is 3.48. The summed E-state index contributed by atoms with van der Waals surface area (Å²) in [6, 6.07) is 9.87. The van der Waals surface area contributed by atoms with Gasteiger partial charge in [-0.05, 0) is 11.6 Å². The maximum absolute atomic E-state index is 13.8. The zero-order valence-corrected chi connectivity index (χ0v) is 13.9. The van der Waals surface area contributed by atoms with Crippen LogP contribution in [0.25, 0.3) is 0 Å². The van der Waals surface area contributed by atoms with E-state index in [1.165, 1.54) is 0 Å². The summed E-state index contributed by atoms with van der Waals surface area (Å²) in [5, 5.41) is 4.62. The van der Waals surface area contributed by atoms with Gasteiger partial charge in [0.15, 0.2) is 11.6 Å². The molecule has 132 valence electrons. The van der Waals surface area contributed by atoms with Crippen molar-refractivity contribution in [3.8, 4) is 6.01 Å². The van der Waals surface area contributed by atoms with Crippen molar-refractivity contribution in [2.24, 2.45) is 0 Å². The Morgan fingerprint density at radius 3 is 2.92 bits per heavy atom. The van der Waals surface area contributed by atoms with Gasteiger partial charge in [-0.25, -0.2) is 14.8 Å². The predicted molar refractivity (Wildman–Crippen MR) is 91.0 cm³/mol. The third-order valence-corrected chi connectivity index (χ3v) is 3.48. The van der Waals surface area contributed by atoms with Gasteiger partial charge in [-0.2, -0.15) is 4.98 Å². The van der Waals surface area contributed by atoms with Gasteiger partial charge in [-0.3, -0.25) is 0 Å². The van der Waals surface area contributed by atoms with Crippen molar-refractivity contribution in [3.63, 3.8) is 0 Å². The number of halogens is 1. The Morgan fingerprint density at radius 2 is 2.16 bits per heavy atom. The first-order valence-corrected chi connectivity index (χ1v) is 7.89. The number of hydrogen-bond donors (Lipinski definition) is 2. The van der Waals surface area contributed by atoms with Gasteiger partial charge in [0.1, 0.15) is 13.3 Å². The Balaban J connectivity index is 1.46. The van der Waals surface area contributed by atoms with Crippen LogP contribution in [0.1, 0.15) is 5.56 Å². The van der Waals surface area contributed by atoms with E-state index in [2.05, 4.69) is 20.7 Å². The molecule has 1 aliphatic heterocycles. The summed E-state index contributed by atoms with van der Waals surface area (Å²) < 4.78 is 24.8. The molecule has 25 heavy (non-hydrogen) atoms. The van der Waals surface area contributed by atoms with E-state index in [0.29, 0.717) is 13.2 Å². The van der Waals surface area contributed by atoms with Gasteiger partial charge < -0.3 is 19.8 Å². The minimum atomic E-state index is -0.561.